The van der Waals surface area contributed by atoms with Crippen molar-refractivity contribution in [3.63, 3.8) is 0 Å². The zero-order chi connectivity index (χ0) is 13.4. The van der Waals surface area contributed by atoms with Crippen LogP contribution in [0, 0.1) is 0 Å². The minimum absolute atomic E-state index is 0.0852. The minimum atomic E-state index is -0.669. The molecule has 1 rings (SSSR count). The molecule has 0 saturated carbocycles. The van der Waals surface area contributed by atoms with Gasteiger partial charge in [0.1, 0.15) is 18.5 Å². The average molecular weight is 253 g/mol. The number of benzene rings is 1. The van der Waals surface area contributed by atoms with Crippen molar-refractivity contribution in [2.24, 2.45) is 11.5 Å². The third-order valence-corrected chi connectivity index (χ3v) is 2.28. The predicted octanol–water partition coefficient (Wildman–Crippen LogP) is -0.926. The van der Waals surface area contributed by atoms with Crippen LogP contribution in [-0.2, 0) is 0 Å². The van der Waals surface area contributed by atoms with Crippen molar-refractivity contribution >= 4 is 5.91 Å². The van der Waals surface area contributed by atoms with Gasteiger partial charge in [-0.25, -0.2) is 0 Å². The monoisotopic (exact) mass is 253 g/mol. The normalized spacial score (nSPS) is 12.1. The summed E-state index contributed by atoms with van der Waals surface area (Å²) in [5.41, 5.74) is 10.8. The Bertz CT molecular complexity index is 385. The molecular formula is C12H19N3O3. The Hall–Kier alpha value is -1.63. The highest BCUT2D eigenvalue weighted by Gasteiger charge is 2.10. The molecule has 0 aliphatic heterocycles. The fourth-order valence-electron chi connectivity index (χ4n) is 1.41. The van der Waals surface area contributed by atoms with E-state index in [1.807, 2.05) is 0 Å². The smallest absolute Gasteiger partial charge is 0.252 e. The Labute approximate surface area is 106 Å². The second kappa shape index (κ2) is 7.65. The van der Waals surface area contributed by atoms with Crippen LogP contribution in [0.4, 0.5) is 0 Å². The SMILES string of the molecule is NCCNCC(O)COc1ccccc1C(N)=O. The van der Waals surface area contributed by atoms with Crippen molar-refractivity contribution in [1.82, 2.24) is 5.32 Å². The van der Waals surface area contributed by atoms with E-state index < -0.39 is 12.0 Å². The largest absolute Gasteiger partial charge is 0.490 e. The number of hydrogen-bond acceptors (Lipinski definition) is 5. The van der Waals surface area contributed by atoms with E-state index in [2.05, 4.69) is 5.32 Å². The Balaban J connectivity index is 2.45. The summed E-state index contributed by atoms with van der Waals surface area (Å²) in [4.78, 5) is 11.1. The number of aliphatic hydroxyl groups excluding tert-OH is 1. The highest BCUT2D eigenvalue weighted by Crippen LogP contribution is 2.17. The third kappa shape index (κ3) is 4.70. The molecule has 6 N–H and O–H groups in total. The van der Waals surface area contributed by atoms with Crippen molar-refractivity contribution in [1.29, 1.82) is 0 Å². The minimum Gasteiger partial charge on any atom is -0.490 e. The number of nitrogens with two attached hydrogens (primary N) is 2. The van der Waals surface area contributed by atoms with E-state index in [4.69, 9.17) is 16.2 Å². The highest BCUT2D eigenvalue weighted by molar-refractivity contribution is 5.95. The van der Waals surface area contributed by atoms with E-state index in [0.717, 1.165) is 0 Å². The van der Waals surface area contributed by atoms with Gasteiger partial charge in [-0.1, -0.05) is 12.1 Å². The molecule has 6 nitrogen and oxygen atoms in total. The van der Waals surface area contributed by atoms with Crippen LogP contribution in [-0.4, -0.2) is 43.4 Å². The first kappa shape index (κ1) is 14.4. The summed E-state index contributed by atoms with van der Waals surface area (Å²) in [5.74, 6) is -0.177. The Kier molecular flexibility index (Phi) is 6.13. The fourth-order valence-corrected chi connectivity index (χ4v) is 1.41. The summed E-state index contributed by atoms with van der Waals surface area (Å²) < 4.78 is 5.37. The van der Waals surface area contributed by atoms with Gasteiger partial charge >= 0.3 is 0 Å². The number of para-hydroxylation sites is 1. The number of nitrogens with one attached hydrogen (secondary N) is 1. The van der Waals surface area contributed by atoms with E-state index in [0.29, 0.717) is 30.9 Å². The standard InChI is InChI=1S/C12H19N3O3/c13-5-6-15-7-9(16)8-18-11-4-2-1-3-10(11)12(14)17/h1-4,9,15-16H,5-8,13H2,(H2,14,17). The van der Waals surface area contributed by atoms with Crippen molar-refractivity contribution in [2.45, 2.75) is 6.10 Å². The van der Waals surface area contributed by atoms with Crippen molar-refractivity contribution in [3.05, 3.63) is 29.8 Å². The van der Waals surface area contributed by atoms with Crippen molar-refractivity contribution in [3.8, 4) is 5.75 Å². The number of amides is 1. The van der Waals surface area contributed by atoms with Crippen LogP contribution >= 0.6 is 0 Å². The lowest BCUT2D eigenvalue weighted by Gasteiger charge is -2.14. The second-order valence-electron chi connectivity index (χ2n) is 3.82. The predicted molar refractivity (Wildman–Crippen MR) is 68.4 cm³/mol. The zero-order valence-corrected chi connectivity index (χ0v) is 10.1. The quantitative estimate of drug-likeness (QED) is 0.447. The molecule has 0 radical (unpaired) electrons. The zero-order valence-electron chi connectivity index (χ0n) is 10.1. The third-order valence-electron chi connectivity index (χ3n) is 2.28. The molecule has 0 aliphatic carbocycles. The Morgan fingerprint density at radius 3 is 2.83 bits per heavy atom. The first-order valence-corrected chi connectivity index (χ1v) is 5.75. The number of hydrogen-bond donors (Lipinski definition) is 4. The first-order chi connectivity index (χ1) is 8.65. The lowest BCUT2D eigenvalue weighted by Crippen LogP contribution is -2.34. The molecule has 1 atom stereocenters. The van der Waals surface area contributed by atoms with Crippen LogP contribution in [0.1, 0.15) is 10.4 Å². The van der Waals surface area contributed by atoms with Gasteiger partial charge in [0.05, 0.1) is 5.56 Å². The van der Waals surface area contributed by atoms with Crippen LogP contribution in [0.5, 0.6) is 5.75 Å². The molecule has 0 bridgehead atoms. The number of carbonyl (C=O) groups excluding carboxylic acids is 1. The molecule has 0 aliphatic rings. The van der Waals surface area contributed by atoms with E-state index in [9.17, 15) is 9.90 Å². The van der Waals surface area contributed by atoms with Crippen LogP contribution in [0.3, 0.4) is 0 Å². The van der Waals surface area contributed by atoms with Crippen LogP contribution in [0.25, 0.3) is 0 Å². The summed E-state index contributed by atoms with van der Waals surface area (Å²) in [7, 11) is 0. The van der Waals surface area contributed by atoms with Gasteiger partial charge in [0.15, 0.2) is 0 Å². The van der Waals surface area contributed by atoms with Gasteiger partial charge in [-0.05, 0) is 12.1 Å². The molecule has 0 spiro atoms. The van der Waals surface area contributed by atoms with Gasteiger partial charge in [-0.2, -0.15) is 0 Å². The number of aliphatic hydroxyl groups is 1. The molecule has 0 heterocycles. The molecular weight excluding hydrogens is 234 g/mol. The number of carbonyl (C=O) groups is 1. The molecule has 100 valence electrons. The molecule has 1 unspecified atom stereocenters. The number of ether oxygens (including phenoxy) is 1. The van der Waals surface area contributed by atoms with Crippen molar-refractivity contribution in [2.75, 3.05) is 26.2 Å². The molecule has 1 aromatic rings. The van der Waals surface area contributed by atoms with E-state index in [-0.39, 0.29) is 6.61 Å². The Morgan fingerprint density at radius 1 is 1.44 bits per heavy atom. The maximum atomic E-state index is 11.1. The molecule has 1 aromatic carbocycles. The summed E-state index contributed by atoms with van der Waals surface area (Å²) in [6.45, 7) is 1.62. The molecule has 18 heavy (non-hydrogen) atoms. The summed E-state index contributed by atoms with van der Waals surface area (Å²) in [5, 5.41) is 12.6. The van der Waals surface area contributed by atoms with Gasteiger partial charge in [0, 0.05) is 19.6 Å². The van der Waals surface area contributed by atoms with Gasteiger partial charge in [-0.15, -0.1) is 0 Å². The Morgan fingerprint density at radius 2 is 2.17 bits per heavy atom. The van der Waals surface area contributed by atoms with E-state index >= 15 is 0 Å². The molecule has 0 fully saturated rings. The second-order valence-corrected chi connectivity index (χ2v) is 3.82. The van der Waals surface area contributed by atoms with Crippen LogP contribution < -0.4 is 21.5 Å². The number of primary amides is 1. The van der Waals surface area contributed by atoms with Gasteiger partial charge in [0.25, 0.3) is 5.91 Å². The summed E-state index contributed by atoms with van der Waals surface area (Å²) >= 11 is 0. The topological polar surface area (TPSA) is 111 Å². The van der Waals surface area contributed by atoms with E-state index in [1.54, 1.807) is 24.3 Å². The molecule has 6 heteroatoms. The maximum Gasteiger partial charge on any atom is 0.252 e. The first-order valence-electron chi connectivity index (χ1n) is 5.75. The van der Waals surface area contributed by atoms with Crippen LogP contribution in [0.15, 0.2) is 24.3 Å². The van der Waals surface area contributed by atoms with Gasteiger partial charge in [-0.3, -0.25) is 4.79 Å². The van der Waals surface area contributed by atoms with Crippen molar-refractivity contribution < 1.29 is 14.6 Å². The lowest BCUT2D eigenvalue weighted by atomic mass is 10.2. The molecule has 1 amide bonds. The van der Waals surface area contributed by atoms with Gasteiger partial charge in [0.2, 0.25) is 0 Å². The number of rotatable bonds is 8. The fraction of sp³-hybridized carbons (Fsp3) is 0.417. The van der Waals surface area contributed by atoms with Crippen LogP contribution in [0.2, 0.25) is 0 Å². The maximum absolute atomic E-state index is 11.1. The van der Waals surface area contributed by atoms with E-state index in [1.165, 1.54) is 0 Å². The molecule has 0 saturated heterocycles. The average Bonchev–Trinajstić information content (AvgIpc) is 2.37. The summed E-state index contributed by atoms with van der Waals surface area (Å²) in [6, 6.07) is 6.66. The highest BCUT2D eigenvalue weighted by atomic mass is 16.5. The molecule has 0 aromatic heterocycles. The summed E-state index contributed by atoms with van der Waals surface area (Å²) in [6.07, 6.45) is -0.669. The van der Waals surface area contributed by atoms with Gasteiger partial charge < -0.3 is 26.6 Å². The lowest BCUT2D eigenvalue weighted by molar-refractivity contribution is 0.0964.